The van der Waals surface area contributed by atoms with Gasteiger partial charge in [-0.1, -0.05) is 201 Å². The number of fused-ring (bicyclic) bond motifs is 8. The maximum Gasteiger partial charge on any atom is 0.308 e. The first-order chi connectivity index (χ1) is 66.6. The van der Waals surface area contributed by atoms with Gasteiger partial charge in [-0.2, -0.15) is 0 Å². The predicted molar refractivity (Wildman–Crippen MR) is 534 cm³/mol. The van der Waals surface area contributed by atoms with Gasteiger partial charge < -0.3 is 38.5 Å². The Balaban J connectivity index is 0.000000109. The van der Waals surface area contributed by atoms with Crippen molar-refractivity contribution >= 4 is 107 Å². The Bertz CT molecular complexity index is 7680. The van der Waals surface area contributed by atoms with E-state index in [2.05, 4.69) is 179 Å². The van der Waals surface area contributed by atoms with Gasteiger partial charge in [0.2, 0.25) is 5.91 Å². The van der Waals surface area contributed by atoms with Crippen molar-refractivity contribution in [2.75, 3.05) is 30.0 Å². The molecular formula is C110H99N21O5. The van der Waals surface area contributed by atoms with E-state index in [9.17, 15) is 19.5 Å². The average molecular weight is 1800 g/mol. The van der Waals surface area contributed by atoms with Gasteiger partial charge in [-0.25, -0.2) is 59.8 Å². The van der Waals surface area contributed by atoms with Crippen LogP contribution in [0.2, 0.25) is 0 Å². The van der Waals surface area contributed by atoms with Crippen molar-refractivity contribution in [3.05, 3.63) is 316 Å². The number of amides is 1. The quantitative estimate of drug-likeness (QED) is 0.0519. The van der Waals surface area contributed by atoms with Crippen molar-refractivity contribution in [1.82, 2.24) is 77.4 Å². The number of nitrogens with zero attached hydrogens (tertiary/aromatic N) is 16. The van der Waals surface area contributed by atoms with Crippen LogP contribution in [0.1, 0.15) is 143 Å². The van der Waals surface area contributed by atoms with Crippen molar-refractivity contribution < 1.29 is 24.2 Å². The molecule has 12 aromatic heterocycles. The molecule has 0 bridgehead atoms. The zero-order valence-electron chi connectivity index (χ0n) is 75.0. The lowest BCUT2D eigenvalue weighted by Crippen LogP contribution is -2.27. The number of hydrogen-bond donors (Lipinski definition) is 6. The molecule has 4 saturated carbocycles. The number of benzene rings is 8. The first kappa shape index (κ1) is 86.2. The van der Waals surface area contributed by atoms with E-state index in [1.165, 1.54) is 26.4 Å². The van der Waals surface area contributed by atoms with E-state index in [1.54, 1.807) is 24.8 Å². The zero-order valence-corrected chi connectivity index (χ0v) is 75.0. The van der Waals surface area contributed by atoms with Gasteiger partial charge in [-0.05, 0) is 138 Å². The summed E-state index contributed by atoms with van der Waals surface area (Å²) >= 11 is 0. The molecule has 4 aliphatic rings. The summed E-state index contributed by atoms with van der Waals surface area (Å²) in [5.41, 5.74) is 53.0. The average Bonchev–Trinajstić information content (AvgIpc) is 2.12. The summed E-state index contributed by atoms with van der Waals surface area (Å²) < 4.78 is 13.2. The van der Waals surface area contributed by atoms with Crippen LogP contribution in [0.5, 0.6) is 0 Å². The van der Waals surface area contributed by atoms with E-state index in [0.717, 1.165) is 243 Å². The van der Waals surface area contributed by atoms with Crippen LogP contribution in [0.25, 0.3) is 156 Å². The lowest BCUT2D eigenvalue weighted by Gasteiger charge is -2.26. The van der Waals surface area contributed by atoms with Crippen LogP contribution in [0.3, 0.4) is 0 Å². The second kappa shape index (κ2) is 37.3. The summed E-state index contributed by atoms with van der Waals surface area (Å²) in [7, 11) is 1.46. The molecule has 11 N–H and O–H groups in total. The van der Waals surface area contributed by atoms with Crippen LogP contribution >= 0.6 is 0 Å². The van der Waals surface area contributed by atoms with Gasteiger partial charge in [0.1, 0.15) is 91.4 Å². The molecule has 0 aliphatic heterocycles. The fraction of sp³-hybridized carbons (Fsp3) is 0.209. The lowest BCUT2D eigenvalue weighted by molar-refractivity contribution is -0.146. The van der Waals surface area contributed by atoms with Gasteiger partial charge in [-0.15, -0.1) is 0 Å². The largest absolute Gasteiger partial charge is 0.481 e. The summed E-state index contributed by atoms with van der Waals surface area (Å²) in [5.74, 6) is 5.51. The zero-order chi connectivity index (χ0) is 92.6. The van der Waals surface area contributed by atoms with Crippen LogP contribution in [0.15, 0.2) is 292 Å². The summed E-state index contributed by atoms with van der Waals surface area (Å²) in [5, 5.41) is 13.7. The first-order valence-corrected chi connectivity index (χ1v) is 46.5. The number of hydrogen-bond acceptors (Lipinski definition) is 20. The number of pyridine rings is 4. The van der Waals surface area contributed by atoms with E-state index in [4.69, 9.17) is 73.3 Å². The molecule has 674 valence electrons. The molecule has 0 radical (unpaired) electrons. The Kier molecular flexibility index (Phi) is 23.6. The molecule has 12 heterocycles. The molecule has 0 atom stereocenters. The minimum atomic E-state index is -0.705. The highest BCUT2D eigenvalue weighted by atomic mass is 16.5. The van der Waals surface area contributed by atoms with Crippen LogP contribution < -0.4 is 28.7 Å². The molecule has 0 saturated heterocycles. The minimum Gasteiger partial charge on any atom is -0.481 e. The summed E-state index contributed by atoms with van der Waals surface area (Å²) in [6, 6.07) is 82.2. The number of carbonyl (C=O) groups excluding carboxylic acids is 2. The third kappa shape index (κ3) is 17.1. The Morgan fingerprint density at radius 2 is 0.551 bits per heavy atom. The van der Waals surface area contributed by atoms with Crippen molar-refractivity contribution in [1.29, 1.82) is 0 Å². The van der Waals surface area contributed by atoms with Crippen LogP contribution in [-0.4, -0.2) is 107 Å². The number of aliphatic carboxylic acids is 1. The molecule has 4 fully saturated rings. The van der Waals surface area contributed by atoms with E-state index in [0.29, 0.717) is 42.0 Å². The van der Waals surface area contributed by atoms with Crippen molar-refractivity contribution in [3.63, 3.8) is 0 Å². The topological polar surface area (TPSA) is 383 Å². The number of imidazole rings is 4. The second-order valence-corrected chi connectivity index (χ2v) is 35.8. The number of methoxy groups -OCH3 is 1. The monoisotopic (exact) mass is 1790 g/mol. The fourth-order valence-electron chi connectivity index (χ4n) is 20.1. The molecule has 26 heteroatoms. The van der Waals surface area contributed by atoms with Gasteiger partial charge in [0.05, 0.1) is 63.8 Å². The lowest BCUT2D eigenvalue weighted by atomic mass is 9.81. The highest BCUT2D eigenvalue weighted by Gasteiger charge is 2.35. The van der Waals surface area contributed by atoms with Crippen LogP contribution in [0.4, 0.5) is 23.3 Å². The van der Waals surface area contributed by atoms with Gasteiger partial charge in [0.15, 0.2) is 0 Å². The molecule has 8 aromatic carbocycles. The molecule has 26 nitrogen and oxygen atoms in total. The Labute approximate surface area is 782 Å². The Hall–Kier alpha value is -16.5. The van der Waals surface area contributed by atoms with Crippen LogP contribution in [-0.2, 0) is 19.1 Å². The normalized spacial score (nSPS) is 17.2. The van der Waals surface area contributed by atoms with E-state index >= 15 is 0 Å². The Morgan fingerprint density at radius 3 is 0.794 bits per heavy atom. The number of carboxylic acids is 1. The highest BCUT2D eigenvalue weighted by Crippen LogP contribution is 2.46. The molecule has 20 aromatic rings. The van der Waals surface area contributed by atoms with E-state index in [-0.39, 0.29) is 47.4 Å². The maximum absolute atomic E-state index is 12.0. The molecule has 1 amide bonds. The van der Waals surface area contributed by atoms with E-state index < -0.39 is 5.97 Å². The predicted octanol–water partition coefficient (Wildman–Crippen LogP) is 21.6. The summed E-state index contributed by atoms with van der Waals surface area (Å²) in [6.07, 6.45) is 27.8. The molecule has 0 unspecified atom stereocenters. The maximum atomic E-state index is 12.0. The number of carbonyl (C=O) groups is 3. The minimum absolute atomic E-state index is 0.0333. The van der Waals surface area contributed by atoms with Crippen molar-refractivity contribution in [3.8, 4) is 90.1 Å². The third-order valence-corrected chi connectivity index (χ3v) is 27.6. The number of primary amides is 1. The number of aromatic nitrogens is 16. The summed E-state index contributed by atoms with van der Waals surface area (Å²) in [4.78, 5) is 92.5. The van der Waals surface area contributed by atoms with E-state index in [1.807, 2.05) is 126 Å². The number of nitrogen functional groups attached to an aromatic ring is 4. The molecule has 136 heavy (non-hydrogen) atoms. The summed E-state index contributed by atoms with van der Waals surface area (Å²) in [6.45, 7) is 0. The molecular weight excluding hydrogens is 1700 g/mol. The first-order valence-electron chi connectivity index (χ1n) is 46.5. The highest BCUT2D eigenvalue weighted by molar-refractivity contribution is 5.97. The number of anilines is 4. The molecule has 4 aliphatic carbocycles. The number of carboxylic acid groups (broad SMARTS) is 1. The van der Waals surface area contributed by atoms with Gasteiger partial charge in [0.25, 0.3) is 0 Å². The number of rotatable bonds is 15. The second-order valence-electron chi connectivity index (χ2n) is 35.8. The third-order valence-electron chi connectivity index (χ3n) is 27.6. The standard InChI is InChI=1S/C29H27N5O2.C28H26N6O.C28H25N5O2.C25H21N5/c1-36-29(35)21-10-8-20(9-11-21)28-33-25(26-27(30)31-15-16-34(26)28)22-12-7-19-13-14-23(32-24(19)17-22)18-5-3-2-4-6-18;29-26-25-24(33-28(34(25)15-14-31-26)20-9-7-19(8-10-20)27(30)35)21-11-6-18-12-13-22(32-23(18)16-21)17-4-2-1-3-5-17;29-26-25-24(32-27(33(25)15-14-30-26)19-7-9-20(10-8-19)28(34)35)21-11-6-18-12-13-22(31-23(18)16-21)17-4-2-1-3-5-17;26-24-23-22(29-25(18-7-4-8-18)30(23)14-13-27-24)19-10-9-17-11-12-20(28-21(17)15-19)16-5-2-1-3-6-16/h2-7,12-17,20-21H,8-11H2,1H3,(H2,30,31);1-6,11-16,19-20H,7-10H2,(H2,29,31)(H2,30,35);1-6,11-16,19-20H,7-10H2,(H2,29,30)(H,34,35);1-3,5-6,9-15,18H,4,7-8H2,(H2,26,27). The van der Waals surface area contributed by atoms with Crippen LogP contribution in [0, 0.1) is 17.8 Å². The van der Waals surface area contributed by atoms with Gasteiger partial charge >= 0.3 is 11.9 Å². The van der Waals surface area contributed by atoms with Crippen molar-refractivity contribution in [2.24, 2.45) is 23.5 Å². The smallest absolute Gasteiger partial charge is 0.308 e. The SMILES string of the molecule is COC(=O)C1CCC(c2nc(-c3ccc4ccc(-c5ccccc5)nc4c3)c3c(N)nccn23)CC1.NC(=O)C1CCC(c2nc(-c3ccc4ccc(-c5ccccc5)nc4c3)c3c(N)nccn23)CC1.Nc1nccn2c(C3CCC(C(=O)O)CC3)nc(-c3ccc4ccc(-c5ccccc5)nc4c3)c12.Nc1nccn2c(C3CCC3)nc(-c3ccc4ccc(-c5ccccc5)nc4c3)c12. The number of esters is 1. The Morgan fingerprint density at radius 1 is 0.301 bits per heavy atom. The number of nitrogens with two attached hydrogens (primary N) is 5. The van der Waals surface area contributed by atoms with Gasteiger partial charge in [0, 0.05) is 145 Å². The van der Waals surface area contributed by atoms with Gasteiger partial charge in [-0.3, -0.25) is 32.0 Å². The molecule has 24 rings (SSSR count). The fourth-order valence-corrected chi connectivity index (χ4v) is 20.1. The number of ether oxygens (including phenoxy) is 1. The molecule has 0 spiro atoms. The van der Waals surface area contributed by atoms with Crippen molar-refractivity contribution in [2.45, 2.75) is 120 Å².